The van der Waals surface area contributed by atoms with Crippen molar-refractivity contribution in [2.45, 2.75) is 31.3 Å². The fraction of sp³-hybridized carbons (Fsp3) is 0.250. The molecule has 2 aromatic rings. The fourth-order valence-electron chi connectivity index (χ4n) is 3.10. The highest BCUT2D eigenvalue weighted by molar-refractivity contribution is 6.07. The minimum absolute atomic E-state index is 0.0936. The molecular formula is C20H20O2. The summed E-state index contributed by atoms with van der Waals surface area (Å²) >= 11 is 0. The molecule has 0 aromatic heterocycles. The van der Waals surface area contributed by atoms with Gasteiger partial charge >= 0.3 is 0 Å². The largest absolute Gasteiger partial charge is 0.478 e. The van der Waals surface area contributed by atoms with Crippen molar-refractivity contribution < 1.29 is 9.53 Å². The van der Waals surface area contributed by atoms with E-state index in [0.29, 0.717) is 24.2 Å². The highest BCUT2D eigenvalue weighted by Gasteiger charge is 2.46. The lowest BCUT2D eigenvalue weighted by molar-refractivity contribution is 0.0528. The van der Waals surface area contributed by atoms with Gasteiger partial charge in [0.05, 0.1) is 5.56 Å². The number of Topliss-reactive ketones (excluding diaryl/α,β-unsaturated/α-hetero) is 1. The van der Waals surface area contributed by atoms with E-state index in [4.69, 9.17) is 4.74 Å². The van der Waals surface area contributed by atoms with Gasteiger partial charge in [0.1, 0.15) is 5.75 Å². The maximum atomic E-state index is 12.8. The molecular weight excluding hydrogens is 272 g/mol. The van der Waals surface area contributed by atoms with E-state index in [1.807, 2.05) is 42.5 Å². The molecule has 0 fully saturated rings. The number of ether oxygens (including phenoxy) is 1. The first-order valence-corrected chi connectivity index (χ1v) is 7.73. The maximum Gasteiger partial charge on any atom is 0.210 e. The summed E-state index contributed by atoms with van der Waals surface area (Å²) in [6, 6.07) is 17.8. The Morgan fingerprint density at radius 1 is 1.05 bits per heavy atom. The van der Waals surface area contributed by atoms with Gasteiger partial charge in [0.2, 0.25) is 5.78 Å². The average Bonchev–Trinajstić information content (AvgIpc) is 2.82. The smallest absolute Gasteiger partial charge is 0.210 e. The molecule has 2 nitrogen and oxygen atoms in total. The van der Waals surface area contributed by atoms with Crippen LogP contribution in [0.15, 0.2) is 67.3 Å². The molecule has 0 saturated heterocycles. The van der Waals surface area contributed by atoms with E-state index in [-0.39, 0.29) is 5.78 Å². The molecule has 0 N–H and O–H groups in total. The van der Waals surface area contributed by atoms with Crippen molar-refractivity contribution in [2.24, 2.45) is 0 Å². The van der Waals surface area contributed by atoms with E-state index in [9.17, 15) is 4.79 Å². The highest BCUT2D eigenvalue weighted by Crippen LogP contribution is 2.40. The first kappa shape index (κ1) is 14.6. The van der Waals surface area contributed by atoms with Crippen LogP contribution in [0, 0.1) is 0 Å². The predicted molar refractivity (Wildman–Crippen MR) is 88.3 cm³/mol. The standard InChI is InChI=1S/C20H20O2/c1-2-14-20(15-8-11-16-9-4-3-5-10-16)19(21)17-12-6-7-13-18(17)22-20/h2-7,9-10,12-13H,1,8,11,14-15H2/t20-/m0/s1. The van der Waals surface area contributed by atoms with Crippen LogP contribution in [-0.2, 0) is 6.42 Å². The van der Waals surface area contributed by atoms with Crippen LogP contribution in [0.5, 0.6) is 5.75 Å². The van der Waals surface area contributed by atoms with E-state index in [1.165, 1.54) is 5.56 Å². The van der Waals surface area contributed by atoms with Crippen LogP contribution in [-0.4, -0.2) is 11.4 Å². The maximum absolute atomic E-state index is 12.8. The molecule has 22 heavy (non-hydrogen) atoms. The van der Waals surface area contributed by atoms with E-state index >= 15 is 0 Å². The summed E-state index contributed by atoms with van der Waals surface area (Å²) in [6.45, 7) is 3.80. The van der Waals surface area contributed by atoms with Crippen molar-refractivity contribution in [3.63, 3.8) is 0 Å². The van der Waals surface area contributed by atoms with Crippen LogP contribution in [0.3, 0.4) is 0 Å². The third-order valence-corrected chi connectivity index (χ3v) is 4.21. The summed E-state index contributed by atoms with van der Waals surface area (Å²) in [6.07, 6.45) is 4.91. The molecule has 0 bridgehead atoms. The first-order valence-electron chi connectivity index (χ1n) is 7.73. The Kier molecular flexibility index (Phi) is 4.10. The van der Waals surface area contributed by atoms with Gasteiger partial charge in [-0.25, -0.2) is 0 Å². The molecule has 112 valence electrons. The number of hydrogen-bond acceptors (Lipinski definition) is 2. The topological polar surface area (TPSA) is 26.3 Å². The van der Waals surface area contributed by atoms with Crippen molar-refractivity contribution in [3.8, 4) is 5.75 Å². The minimum atomic E-state index is -0.764. The van der Waals surface area contributed by atoms with Crippen molar-refractivity contribution in [1.29, 1.82) is 0 Å². The van der Waals surface area contributed by atoms with Crippen LogP contribution in [0.4, 0.5) is 0 Å². The second kappa shape index (κ2) is 6.18. The van der Waals surface area contributed by atoms with Crippen molar-refractivity contribution in [1.82, 2.24) is 0 Å². The molecule has 0 amide bonds. The van der Waals surface area contributed by atoms with E-state index in [1.54, 1.807) is 6.08 Å². The lowest BCUT2D eigenvalue weighted by Crippen LogP contribution is -2.39. The summed E-state index contributed by atoms with van der Waals surface area (Å²) in [5.41, 5.74) is 1.23. The second-order valence-electron chi connectivity index (χ2n) is 5.75. The lowest BCUT2D eigenvalue weighted by Gasteiger charge is -2.26. The zero-order valence-corrected chi connectivity index (χ0v) is 12.6. The van der Waals surface area contributed by atoms with Crippen LogP contribution < -0.4 is 4.74 Å². The van der Waals surface area contributed by atoms with Gasteiger partial charge in [0, 0.05) is 6.42 Å². The lowest BCUT2D eigenvalue weighted by atomic mass is 9.86. The normalized spacial score (nSPS) is 19.5. The minimum Gasteiger partial charge on any atom is -0.478 e. The van der Waals surface area contributed by atoms with Gasteiger partial charge in [-0.2, -0.15) is 0 Å². The van der Waals surface area contributed by atoms with Gasteiger partial charge < -0.3 is 4.74 Å². The summed E-state index contributed by atoms with van der Waals surface area (Å²) in [5, 5.41) is 0. The Bertz CT molecular complexity index is 675. The Balaban J connectivity index is 1.74. The summed E-state index contributed by atoms with van der Waals surface area (Å²) < 4.78 is 6.06. The molecule has 3 rings (SSSR count). The number of para-hydroxylation sites is 1. The number of carbonyl (C=O) groups is 1. The van der Waals surface area contributed by atoms with Crippen LogP contribution in [0.2, 0.25) is 0 Å². The number of rotatable bonds is 6. The molecule has 1 aliphatic rings. The zero-order valence-electron chi connectivity index (χ0n) is 12.6. The van der Waals surface area contributed by atoms with Crippen molar-refractivity contribution >= 4 is 5.78 Å². The van der Waals surface area contributed by atoms with Crippen LogP contribution >= 0.6 is 0 Å². The second-order valence-corrected chi connectivity index (χ2v) is 5.75. The summed E-state index contributed by atoms with van der Waals surface area (Å²) in [4.78, 5) is 12.8. The van der Waals surface area contributed by atoms with Crippen molar-refractivity contribution in [2.75, 3.05) is 0 Å². The summed E-state index contributed by atoms with van der Waals surface area (Å²) in [5.74, 6) is 0.796. The van der Waals surface area contributed by atoms with Gasteiger partial charge in [-0.1, -0.05) is 48.5 Å². The van der Waals surface area contributed by atoms with Gasteiger partial charge in [0.25, 0.3) is 0 Å². The molecule has 0 unspecified atom stereocenters. The quantitative estimate of drug-likeness (QED) is 0.727. The number of ketones is 1. The molecule has 1 aliphatic heterocycles. The highest BCUT2D eigenvalue weighted by atomic mass is 16.5. The predicted octanol–water partition coefficient (Wildman–Crippen LogP) is 4.60. The molecule has 2 heteroatoms. The third-order valence-electron chi connectivity index (χ3n) is 4.21. The monoisotopic (exact) mass is 292 g/mol. The molecule has 0 aliphatic carbocycles. The Morgan fingerprint density at radius 2 is 1.77 bits per heavy atom. The molecule has 0 saturated carbocycles. The number of fused-ring (bicyclic) bond motifs is 1. The number of benzene rings is 2. The zero-order chi connectivity index (χ0) is 15.4. The van der Waals surface area contributed by atoms with Gasteiger partial charge in [-0.05, 0) is 37.0 Å². The number of hydrogen-bond donors (Lipinski definition) is 0. The number of aryl methyl sites for hydroxylation is 1. The number of carbonyl (C=O) groups excluding carboxylic acids is 1. The molecule has 1 heterocycles. The van der Waals surface area contributed by atoms with Gasteiger partial charge in [0.15, 0.2) is 5.60 Å². The first-order chi connectivity index (χ1) is 10.7. The Morgan fingerprint density at radius 3 is 2.50 bits per heavy atom. The van der Waals surface area contributed by atoms with Crippen LogP contribution in [0.1, 0.15) is 35.2 Å². The van der Waals surface area contributed by atoms with E-state index < -0.39 is 5.60 Å². The Labute approximate surface area is 131 Å². The fourth-order valence-corrected chi connectivity index (χ4v) is 3.10. The molecule has 0 radical (unpaired) electrons. The van der Waals surface area contributed by atoms with Gasteiger partial charge in [-0.15, -0.1) is 6.58 Å². The Hall–Kier alpha value is -2.35. The van der Waals surface area contributed by atoms with Gasteiger partial charge in [-0.3, -0.25) is 4.79 Å². The average molecular weight is 292 g/mol. The summed E-state index contributed by atoms with van der Waals surface area (Å²) in [7, 11) is 0. The SMILES string of the molecule is C=CC[C@@]1(CCCc2ccccc2)Oc2ccccc2C1=O. The molecule has 0 spiro atoms. The molecule has 2 aromatic carbocycles. The van der Waals surface area contributed by atoms with Crippen molar-refractivity contribution in [3.05, 3.63) is 78.4 Å². The van der Waals surface area contributed by atoms with E-state index in [2.05, 4.69) is 18.7 Å². The third kappa shape index (κ3) is 2.69. The van der Waals surface area contributed by atoms with E-state index in [0.717, 1.165) is 12.8 Å². The van der Waals surface area contributed by atoms with Crippen LogP contribution in [0.25, 0.3) is 0 Å². The molecule has 1 atom stereocenters.